The molecule has 0 bridgehead atoms. The smallest absolute Gasteiger partial charge is 0.243 e. The van der Waals surface area contributed by atoms with E-state index in [1.54, 1.807) is 0 Å². The van der Waals surface area contributed by atoms with E-state index in [-0.39, 0.29) is 4.90 Å². The second-order valence-electron chi connectivity index (χ2n) is 7.08. The highest BCUT2D eigenvalue weighted by molar-refractivity contribution is 7.89. The summed E-state index contributed by atoms with van der Waals surface area (Å²) in [7, 11) is -3.64. The van der Waals surface area contributed by atoms with Gasteiger partial charge in [0.15, 0.2) is 5.82 Å². The van der Waals surface area contributed by atoms with Crippen molar-refractivity contribution in [1.82, 2.24) is 14.5 Å². The highest BCUT2D eigenvalue weighted by Gasteiger charge is 2.29. The Balaban J connectivity index is 1.40. The molecule has 1 aliphatic heterocycles. The number of piperazine rings is 1. The summed E-state index contributed by atoms with van der Waals surface area (Å²) in [5.41, 5.74) is 1.70. The molecule has 162 valence electrons. The molecule has 1 aliphatic rings. The summed E-state index contributed by atoms with van der Waals surface area (Å²) in [5, 5.41) is 8.65. The predicted molar refractivity (Wildman–Crippen MR) is 116 cm³/mol. The van der Waals surface area contributed by atoms with Crippen LogP contribution in [0.2, 0.25) is 0 Å². The molecule has 0 radical (unpaired) electrons. The van der Waals surface area contributed by atoms with E-state index in [1.807, 2.05) is 48.2 Å². The van der Waals surface area contributed by atoms with Crippen LogP contribution >= 0.6 is 0 Å². The van der Waals surface area contributed by atoms with Crippen LogP contribution < -0.4 is 9.64 Å². The maximum atomic E-state index is 13.1. The van der Waals surface area contributed by atoms with Gasteiger partial charge in [-0.25, -0.2) is 12.8 Å². The van der Waals surface area contributed by atoms with Crippen LogP contribution in [0.4, 0.5) is 10.2 Å². The number of nitrogens with zero attached hydrogens (tertiary/aromatic N) is 4. The van der Waals surface area contributed by atoms with Crippen molar-refractivity contribution in [2.24, 2.45) is 0 Å². The molecule has 3 aromatic rings. The number of hydrogen-bond donors (Lipinski definition) is 0. The minimum atomic E-state index is -3.64. The third-order valence-electron chi connectivity index (χ3n) is 5.13. The highest BCUT2D eigenvalue weighted by Crippen LogP contribution is 2.23. The van der Waals surface area contributed by atoms with E-state index in [0.29, 0.717) is 38.6 Å². The van der Waals surface area contributed by atoms with E-state index in [1.165, 1.54) is 16.4 Å². The molecule has 2 aromatic carbocycles. The molecular formula is C22H23FN4O3S. The van der Waals surface area contributed by atoms with Gasteiger partial charge in [-0.15, -0.1) is 10.2 Å². The van der Waals surface area contributed by atoms with Gasteiger partial charge in [-0.1, -0.05) is 0 Å². The standard InChI is InChI=1S/C22H23FN4O3S/c1-2-30-19-7-3-17(4-8-19)21-11-12-22(25-24-21)26-13-15-27(16-14-26)31(28,29)20-9-5-18(23)6-10-20/h3-12H,2,13-16H2,1H3. The lowest BCUT2D eigenvalue weighted by Crippen LogP contribution is -2.49. The highest BCUT2D eigenvalue weighted by atomic mass is 32.2. The summed E-state index contributed by atoms with van der Waals surface area (Å²) in [4.78, 5) is 2.10. The Kier molecular flexibility index (Phi) is 6.15. The predicted octanol–water partition coefficient (Wildman–Crippen LogP) is 3.19. The third kappa shape index (κ3) is 4.67. The molecule has 1 aromatic heterocycles. The summed E-state index contributed by atoms with van der Waals surface area (Å²) in [6.45, 7) is 4.20. The number of ether oxygens (including phenoxy) is 1. The van der Waals surface area contributed by atoms with Crippen LogP contribution in [0.15, 0.2) is 65.6 Å². The average molecular weight is 443 g/mol. The van der Waals surface area contributed by atoms with Gasteiger partial charge in [0.25, 0.3) is 0 Å². The van der Waals surface area contributed by atoms with Crippen molar-refractivity contribution >= 4 is 15.8 Å². The van der Waals surface area contributed by atoms with Crippen LogP contribution in [0.5, 0.6) is 5.75 Å². The minimum absolute atomic E-state index is 0.0989. The first-order valence-electron chi connectivity index (χ1n) is 10.0. The minimum Gasteiger partial charge on any atom is -0.494 e. The van der Waals surface area contributed by atoms with Crippen molar-refractivity contribution in [3.63, 3.8) is 0 Å². The number of halogens is 1. The van der Waals surface area contributed by atoms with Gasteiger partial charge in [-0.05, 0) is 67.6 Å². The van der Waals surface area contributed by atoms with E-state index in [9.17, 15) is 12.8 Å². The fourth-order valence-corrected chi connectivity index (χ4v) is 4.87. The van der Waals surface area contributed by atoms with E-state index in [2.05, 4.69) is 10.2 Å². The largest absolute Gasteiger partial charge is 0.494 e. The SMILES string of the molecule is CCOc1ccc(-c2ccc(N3CCN(S(=O)(=O)c4ccc(F)cc4)CC3)nn2)cc1. The Bertz CT molecular complexity index is 1110. The van der Waals surface area contributed by atoms with Gasteiger partial charge in [-0.3, -0.25) is 0 Å². The van der Waals surface area contributed by atoms with Crippen molar-refractivity contribution < 1.29 is 17.5 Å². The fraction of sp³-hybridized carbons (Fsp3) is 0.273. The van der Waals surface area contributed by atoms with Gasteiger partial charge in [0.2, 0.25) is 10.0 Å². The number of rotatable bonds is 6. The Hall–Kier alpha value is -3.04. The van der Waals surface area contributed by atoms with Gasteiger partial charge in [0.05, 0.1) is 17.2 Å². The Morgan fingerprint density at radius 2 is 1.58 bits per heavy atom. The molecule has 0 N–H and O–H groups in total. The Morgan fingerprint density at radius 1 is 0.903 bits per heavy atom. The Labute approximate surface area is 181 Å². The molecule has 4 rings (SSSR count). The van der Waals surface area contributed by atoms with E-state index < -0.39 is 15.8 Å². The van der Waals surface area contributed by atoms with Crippen molar-refractivity contribution in [2.75, 3.05) is 37.7 Å². The zero-order valence-electron chi connectivity index (χ0n) is 17.1. The zero-order valence-corrected chi connectivity index (χ0v) is 17.9. The van der Waals surface area contributed by atoms with E-state index >= 15 is 0 Å². The number of benzene rings is 2. The normalized spacial score (nSPS) is 15.1. The molecule has 1 saturated heterocycles. The topological polar surface area (TPSA) is 75.6 Å². The van der Waals surface area contributed by atoms with Crippen LogP contribution in [0.25, 0.3) is 11.3 Å². The second kappa shape index (κ2) is 8.99. The lowest BCUT2D eigenvalue weighted by atomic mass is 10.1. The van der Waals surface area contributed by atoms with Crippen molar-refractivity contribution in [3.05, 3.63) is 66.5 Å². The van der Waals surface area contributed by atoms with Crippen molar-refractivity contribution in [1.29, 1.82) is 0 Å². The maximum Gasteiger partial charge on any atom is 0.243 e. The molecule has 0 spiro atoms. The molecule has 0 atom stereocenters. The van der Waals surface area contributed by atoms with Gasteiger partial charge in [0, 0.05) is 31.7 Å². The van der Waals surface area contributed by atoms with Gasteiger partial charge in [0.1, 0.15) is 11.6 Å². The van der Waals surface area contributed by atoms with Crippen LogP contribution in [0, 0.1) is 5.82 Å². The first kappa shape index (κ1) is 21.2. The number of aromatic nitrogens is 2. The molecule has 0 saturated carbocycles. The van der Waals surface area contributed by atoms with Gasteiger partial charge < -0.3 is 9.64 Å². The monoisotopic (exact) mass is 442 g/mol. The van der Waals surface area contributed by atoms with Gasteiger partial charge in [-0.2, -0.15) is 4.31 Å². The number of anilines is 1. The van der Waals surface area contributed by atoms with Crippen LogP contribution in [0.3, 0.4) is 0 Å². The molecular weight excluding hydrogens is 419 g/mol. The van der Waals surface area contributed by atoms with Crippen molar-refractivity contribution in [3.8, 4) is 17.0 Å². The summed E-state index contributed by atoms with van der Waals surface area (Å²) in [6.07, 6.45) is 0. The molecule has 1 fully saturated rings. The van der Waals surface area contributed by atoms with Crippen LogP contribution in [0.1, 0.15) is 6.92 Å². The molecule has 0 aliphatic carbocycles. The summed E-state index contributed by atoms with van der Waals surface area (Å²) in [5.74, 6) is 1.05. The molecule has 31 heavy (non-hydrogen) atoms. The third-order valence-corrected chi connectivity index (χ3v) is 7.04. The molecule has 7 nitrogen and oxygen atoms in total. The molecule has 9 heteroatoms. The second-order valence-corrected chi connectivity index (χ2v) is 9.02. The summed E-state index contributed by atoms with van der Waals surface area (Å²) >= 11 is 0. The average Bonchev–Trinajstić information content (AvgIpc) is 2.80. The lowest BCUT2D eigenvalue weighted by molar-refractivity contribution is 0.340. The first-order valence-corrected chi connectivity index (χ1v) is 11.5. The fourth-order valence-electron chi connectivity index (χ4n) is 3.45. The summed E-state index contributed by atoms with van der Waals surface area (Å²) in [6, 6.07) is 16.4. The molecule has 0 amide bonds. The summed E-state index contributed by atoms with van der Waals surface area (Å²) < 4.78 is 45.5. The lowest BCUT2D eigenvalue weighted by Gasteiger charge is -2.34. The van der Waals surface area contributed by atoms with E-state index in [0.717, 1.165) is 29.1 Å². The number of hydrogen-bond acceptors (Lipinski definition) is 6. The first-order chi connectivity index (χ1) is 15.0. The van der Waals surface area contributed by atoms with Gasteiger partial charge >= 0.3 is 0 Å². The number of sulfonamides is 1. The Morgan fingerprint density at radius 3 is 2.16 bits per heavy atom. The molecule has 2 heterocycles. The van der Waals surface area contributed by atoms with Crippen molar-refractivity contribution in [2.45, 2.75) is 11.8 Å². The van der Waals surface area contributed by atoms with Crippen LogP contribution in [-0.2, 0) is 10.0 Å². The van der Waals surface area contributed by atoms with Crippen LogP contribution in [-0.4, -0.2) is 55.7 Å². The quantitative estimate of drug-likeness (QED) is 0.584. The zero-order chi connectivity index (χ0) is 21.8. The maximum absolute atomic E-state index is 13.1. The van der Waals surface area contributed by atoms with E-state index in [4.69, 9.17) is 4.74 Å². The molecule has 0 unspecified atom stereocenters.